The first-order valence-corrected chi connectivity index (χ1v) is 13.3. The number of benzene rings is 1. The van der Waals surface area contributed by atoms with Gasteiger partial charge in [-0.05, 0) is 49.4 Å². The Hall–Kier alpha value is -3.55. The van der Waals surface area contributed by atoms with Crippen LogP contribution in [-0.2, 0) is 16.1 Å². The van der Waals surface area contributed by atoms with E-state index in [0.717, 1.165) is 0 Å². The van der Waals surface area contributed by atoms with Crippen LogP contribution >= 0.6 is 0 Å². The minimum atomic E-state index is -4.46. The van der Waals surface area contributed by atoms with Crippen LogP contribution in [0.25, 0.3) is 11.1 Å². The Kier molecular flexibility index (Phi) is 9.30. The number of fused-ring (bicyclic) bond motifs is 1. The molecule has 1 aliphatic rings. The summed E-state index contributed by atoms with van der Waals surface area (Å²) < 4.78 is 78.2. The number of rotatable bonds is 11. The summed E-state index contributed by atoms with van der Waals surface area (Å²) in [4.78, 5) is 29.9. The van der Waals surface area contributed by atoms with Crippen LogP contribution in [-0.4, -0.2) is 52.4 Å². The number of oxazole rings is 1. The summed E-state index contributed by atoms with van der Waals surface area (Å²) >= 11 is 0. The Labute approximate surface area is 232 Å². The van der Waals surface area contributed by atoms with Gasteiger partial charge in [0.1, 0.15) is 17.3 Å². The van der Waals surface area contributed by atoms with E-state index in [0.29, 0.717) is 28.9 Å². The molecule has 0 saturated heterocycles. The lowest BCUT2D eigenvalue weighted by molar-refractivity contribution is -0.144. The van der Waals surface area contributed by atoms with Crippen molar-refractivity contribution < 1.29 is 40.7 Å². The second kappa shape index (κ2) is 12.5. The van der Waals surface area contributed by atoms with E-state index in [-0.39, 0.29) is 44.1 Å². The molecule has 3 aromatic rings. The van der Waals surface area contributed by atoms with Crippen molar-refractivity contribution in [2.24, 2.45) is 5.92 Å². The largest absolute Gasteiger partial charge is 0.438 e. The first-order chi connectivity index (χ1) is 19.4. The molecule has 14 heteroatoms. The molecule has 41 heavy (non-hydrogen) atoms. The Bertz CT molecular complexity index is 1350. The highest BCUT2D eigenvalue weighted by molar-refractivity contribution is 5.92. The SMILES string of the molecule is CCn1nccc1C(=O)N[C@H](c1nc2cc([C@H](COC)NC(=O)CCC(F)(F)F)ccc2o1)C1CCC(F)(F)CC1. The Morgan fingerprint density at radius 3 is 2.59 bits per heavy atom. The maximum atomic E-state index is 13.9. The number of carbonyl (C=O) groups excluding carboxylic acids is 2. The molecule has 2 atom stereocenters. The van der Waals surface area contributed by atoms with Gasteiger partial charge in [-0.25, -0.2) is 13.8 Å². The van der Waals surface area contributed by atoms with Crippen molar-refractivity contribution in [1.82, 2.24) is 25.4 Å². The average Bonchev–Trinajstić information content (AvgIpc) is 3.57. The zero-order valence-corrected chi connectivity index (χ0v) is 22.6. The molecule has 2 N–H and O–H groups in total. The third-order valence-corrected chi connectivity index (χ3v) is 7.17. The molecule has 1 aliphatic carbocycles. The number of aryl methyl sites for hydroxylation is 1. The van der Waals surface area contributed by atoms with Crippen LogP contribution in [0, 0.1) is 5.92 Å². The minimum Gasteiger partial charge on any atom is -0.438 e. The maximum Gasteiger partial charge on any atom is 0.389 e. The van der Waals surface area contributed by atoms with Gasteiger partial charge in [0, 0.05) is 39.1 Å². The number of nitrogens with one attached hydrogen (secondary N) is 2. The van der Waals surface area contributed by atoms with E-state index in [1.54, 1.807) is 24.3 Å². The number of hydrogen-bond acceptors (Lipinski definition) is 6. The van der Waals surface area contributed by atoms with Gasteiger partial charge in [-0.2, -0.15) is 18.3 Å². The van der Waals surface area contributed by atoms with Gasteiger partial charge < -0.3 is 19.8 Å². The van der Waals surface area contributed by atoms with Gasteiger partial charge >= 0.3 is 6.18 Å². The van der Waals surface area contributed by atoms with Crippen LogP contribution < -0.4 is 10.6 Å². The summed E-state index contributed by atoms with van der Waals surface area (Å²) in [5.74, 6) is -4.23. The molecule has 0 aliphatic heterocycles. The van der Waals surface area contributed by atoms with Crippen LogP contribution in [0.4, 0.5) is 22.0 Å². The zero-order chi connectivity index (χ0) is 29.8. The fraction of sp³-hybridized carbons (Fsp3) is 0.556. The van der Waals surface area contributed by atoms with Gasteiger partial charge in [-0.3, -0.25) is 14.3 Å². The fourth-order valence-corrected chi connectivity index (χ4v) is 4.99. The molecule has 0 unspecified atom stereocenters. The Balaban J connectivity index is 1.60. The summed E-state index contributed by atoms with van der Waals surface area (Å²) in [6, 6.07) is 4.83. The van der Waals surface area contributed by atoms with E-state index < -0.39 is 48.8 Å². The lowest BCUT2D eigenvalue weighted by Gasteiger charge is -2.32. The third kappa shape index (κ3) is 7.80. The number of ether oxygens (including phenoxy) is 1. The number of aromatic nitrogens is 3. The van der Waals surface area contributed by atoms with Crippen molar-refractivity contribution in [3.05, 3.63) is 47.6 Å². The second-order valence-electron chi connectivity index (χ2n) is 10.1. The van der Waals surface area contributed by atoms with Gasteiger partial charge in [0.05, 0.1) is 19.1 Å². The Morgan fingerprint density at radius 2 is 1.93 bits per heavy atom. The molecular weight excluding hydrogens is 553 g/mol. The second-order valence-corrected chi connectivity index (χ2v) is 10.1. The van der Waals surface area contributed by atoms with Crippen molar-refractivity contribution in [2.75, 3.05) is 13.7 Å². The molecule has 0 bridgehead atoms. The Morgan fingerprint density at radius 1 is 1.20 bits per heavy atom. The first kappa shape index (κ1) is 30.4. The average molecular weight is 586 g/mol. The molecule has 9 nitrogen and oxygen atoms in total. The van der Waals surface area contributed by atoms with E-state index in [1.165, 1.54) is 18.0 Å². The van der Waals surface area contributed by atoms with E-state index >= 15 is 0 Å². The highest BCUT2D eigenvalue weighted by Gasteiger charge is 2.40. The van der Waals surface area contributed by atoms with Gasteiger partial charge in [-0.1, -0.05) is 6.07 Å². The van der Waals surface area contributed by atoms with Crippen LogP contribution in [0.5, 0.6) is 0 Å². The maximum absolute atomic E-state index is 13.9. The molecule has 4 rings (SSSR count). The minimum absolute atomic E-state index is 0.00590. The quantitative estimate of drug-likeness (QED) is 0.288. The number of hydrogen-bond donors (Lipinski definition) is 2. The summed E-state index contributed by atoms with van der Waals surface area (Å²) in [6.45, 7) is 2.28. The molecule has 2 heterocycles. The molecular formula is C27H32F5N5O4. The first-order valence-electron chi connectivity index (χ1n) is 13.3. The van der Waals surface area contributed by atoms with Crippen LogP contribution in [0.2, 0.25) is 0 Å². The normalized spacial score (nSPS) is 17.3. The highest BCUT2D eigenvalue weighted by atomic mass is 19.4. The topological polar surface area (TPSA) is 111 Å². The van der Waals surface area contributed by atoms with Gasteiger partial charge in [0.2, 0.25) is 17.7 Å². The predicted octanol–water partition coefficient (Wildman–Crippen LogP) is 5.49. The standard InChI is InChI=1S/C27H32F5N5O4/c1-3-37-20(9-13-33-37)24(39)36-23(16-6-10-26(28,29)11-7-16)25-35-18-14-17(4-5-21(18)41-25)19(15-40-2)34-22(38)8-12-27(30,31)32/h4-5,9,13-14,16,19,23H,3,6-8,10-12,15H2,1-2H3,(H,34,38)(H,36,39)/t19-,23-/m0/s1. The molecule has 0 radical (unpaired) electrons. The third-order valence-electron chi connectivity index (χ3n) is 7.17. The molecule has 1 fully saturated rings. The van der Waals surface area contributed by atoms with Crippen LogP contribution in [0.1, 0.15) is 79.5 Å². The van der Waals surface area contributed by atoms with Crippen LogP contribution in [0.15, 0.2) is 34.9 Å². The molecule has 224 valence electrons. The summed E-state index contributed by atoms with van der Waals surface area (Å²) in [6.07, 6.45) is -5.29. The summed E-state index contributed by atoms with van der Waals surface area (Å²) in [5, 5.41) is 9.57. The van der Waals surface area contributed by atoms with Crippen molar-refractivity contribution in [3.63, 3.8) is 0 Å². The van der Waals surface area contributed by atoms with Gasteiger partial charge in [-0.15, -0.1) is 0 Å². The lowest BCUT2D eigenvalue weighted by atomic mass is 9.82. The van der Waals surface area contributed by atoms with E-state index in [1.807, 2.05) is 6.92 Å². The van der Waals surface area contributed by atoms with E-state index in [4.69, 9.17) is 9.15 Å². The van der Waals surface area contributed by atoms with Crippen molar-refractivity contribution in [1.29, 1.82) is 0 Å². The fourth-order valence-electron chi connectivity index (χ4n) is 4.99. The number of amides is 2. The smallest absolute Gasteiger partial charge is 0.389 e. The molecule has 1 saturated carbocycles. The number of carbonyl (C=O) groups is 2. The van der Waals surface area contributed by atoms with Gasteiger partial charge in [0.25, 0.3) is 5.91 Å². The lowest BCUT2D eigenvalue weighted by Crippen LogP contribution is -2.38. The van der Waals surface area contributed by atoms with Crippen molar-refractivity contribution in [3.8, 4) is 0 Å². The van der Waals surface area contributed by atoms with Crippen LogP contribution in [0.3, 0.4) is 0 Å². The van der Waals surface area contributed by atoms with Crippen molar-refractivity contribution in [2.45, 2.75) is 76.2 Å². The monoisotopic (exact) mass is 585 g/mol. The highest BCUT2D eigenvalue weighted by Crippen LogP contribution is 2.42. The molecule has 0 spiro atoms. The van der Waals surface area contributed by atoms with E-state index in [2.05, 4.69) is 20.7 Å². The number of halogens is 5. The van der Waals surface area contributed by atoms with Gasteiger partial charge in [0.15, 0.2) is 5.58 Å². The summed E-state index contributed by atoms with van der Waals surface area (Å²) in [7, 11) is 1.40. The molecule has 2 amide bonds. The number of nitrogens with zero attached hydrogens (tertiary/aromatic N) is 3. The zero-order valence-electron chi connectivity index (χ0n) is 22.6. The number of methoxy groups -OCH3 is 1. The van der Waals surface area contributed by atoms with Crippen molar-refractivity contribution >= 4 is 22.9 Å². The molecule has 2 aromatic heterocycles. The molecule has 1 aromatic carbocycles. The predicted molar refractivity (Wildman–Crippen MR) is 137 cm³/mol. The van der Waals surface area contributed by atoms with E-state index in [9.17, 15) is 31.5 Å². The number of alkyl halides is 5. The summed E-state index contributed by atoms with van der Waals surface area (Å²) in [5.41, 5.74) is 1.54.